The van der Waals surface area contributed by atoms with E-state index in [1.807, 2.05) is 12.1 Å². The molecule has 1 fully saturated rings. The van der Waals surface area contributed by atoms with Crippen molar-refractivity contribution in [2.24, 2.45) is 0 Å². The van der Waals surface area contributed by atoms with Crippen LogP contribution < -0.4 is 5.73 Å². The van der Waals surface area contributed by atoms with Crippen molar-refractivity contribution in [1.29, 1.82) is 0 Å². The van der Waals surface area contributed by atoms with Gasteiger partial charge in [-0.05, 0) is 39.2 Å². The first-order valence-electron chi connectivity index (χ1n) is 6.24. The predicted octanol–water partition coefficient (Wildman–Crippen LogP) is 0.842. The number of anilines is 1. The molecule has 17 heavy (non-hydrogen) atoms. The van der Waals surface area contributed by atoms with E-state index >= 15 is 0 Å². The van der Waals surface area contributed by atoms with Gasteiger partial charge in [0.1, 0.15) is 0 Å². The molecule has 0 bridgehead atoms. The van der Waals surface area contributed by atoms with E-state index in [2.05, 4.69) is 28.9 Å². The van der Waals surface area contributed by atoms with E-state index in [0.29, 0.717) is 0 Å². The number of aromatic nitrogens is 1. The van der Waals surface area contributed by atoms with E-state index < -0.39 is 0 Å². The van der Waals surface area contributed by atoms with E-state index in [0.717, 1.165) is 30.4 Å². The quantitative estimate of drug-likeness (QED) is 0.838. The molecule has 0 radical (unpaired) electrons. The lowest BCUT2D eigenvalue weighted by atomic mass is 10.2. The highest BCUT2D eigenvalue weighted by molar-refractivity contribution is 5.34. The molecule has 2 N–H and O–H groups in total. The van der Waals surface area contributed by atoms with Crippen LogP contribution in [0.3, 0.4) is 0 Å². The normalized spacial score (nSPS) is 21.2. The second-order valence-corrected chi connectivity index (χ2v) is 5.04. The highest BCUT2D eigenvalue weighted by Gasteiger charge is 2.23. The van der Waals surface area contributed by atoms with Crippen LogP contribution in [0.25, 0.3) is 0 Å². The van der Waals surface area contributed by atoms with Gasteiger partial charge in [-0.15, -0.1) is 0 Å². The molecule has 1 saturated heterocycles. The van der Waals surface area contributed by atoms with Crippen LogP contribution in [0, 0.1) is 0 Å². The summed E-state index contributed by atoms with van der Waals surface area (Å²) in [4.78, 5) is 9.17. The Morgan fingerprint density at radius 1 is 1.47 bits per heavy atom. The van der Waals surface area contributed by atoms with Gasteiger partial charge in [-0.25, -0.2) is 0 Å². The summed E-state index contributed by atoms with van der Waals surface area (Å²) in [5, 5.41) is 0. The largest absolute Gasteiger partial charge is 0.397 e. The van der Waals surface area contributed by atoms with Gasteiger partial charge in [0, 0.05) is 31.2 Å². The first kappa shape index (κ1) is 12.3. The van der Waals surface area contributed by atoms with Crippen molar-refractivity contribution in [3.05, 3.63) is 24.0 Å². The van der Waals surface area contributed by atoms with Crippen molar-refractivity contribution in [3.63, 3.8) is 0 Å². The van der Waals surface area contributed by atoms with Crippen molar-refractivity contribution >= 4 is 5.69 Å². The molecule has 1 unspecified atom stereocenters. The molecule has 0 saturated carbocycles. The molecule has 1 aromatic rings. The predicted molar refractivity (Wildman–Crippen MR) is 70.9 cm³/mol. The molecule has 1 aliphatic heterocycles. The number of likely N-dealkylation sites (N-methyl/N-ethyl adjacent to an activating group) is 1. The molecular formula is C13H22N4. The number of hydrogen-bond donors (Lipinski definition) is 1. The third-order valence-corrected chi connectivity index (χ3v) is 3.51. The van der Waals surface area contributed by atoms with Crippen LogP contribution in [-0.2, 0) is 6.42 Å². The Morgan fingerprint density at radius 2 is 2.29 bits per heavy atom. The maximum absolute atomic E-state index is 5.62. The van der Waals surface area contributed by atoms with E-state index in [-0.39, 0.29) is 0 Å². The van der Waals surface area contributed by atoms with Gasteiger partial charge in [0.15, 0.2) is 0 Å². The minimum Gasteiger partial charge on any atom is -0.397 e. The maximum Gasteiger partial charge on any atom is 0.0501 e. The summed E-state index contributed by atoms with van der Waals surface area (Å²) in [6.07, 6.45) is 4.03. The topological polar surface area (TPSA) is 45.4 Å². The molecule has 94 valence electrons. The van der Waals surface area contributed by atoms with Crippen LogP contribution in [0.2, 0.25) is 0 Å². The molecule has 2 heterocycles. The molecular weight excluding hydrogens is 212 g/mol. The number of hydrogen-bond acceptors (Lipinski definition) is 4. The summed E-state index contributed by atoms with van der Waals surface area (Å²) in [6, 6.07) is 4.67. The third-order valence-electron chi connectivity index (χ3n) is 3.51. The summed E-state index contributed by atoms with van der Waals surface area (Å²) in [5.74, 6) is 0. The summed E-state index contributed by atoms with van der Waals surface area (Å²) in [7, 11) is 4.32. The molecule has 2 rings (SSSR count). The average molecular weight is 234 g/mol. The minimum atomic E-state index is 0.717. The molecule has 0 aliphatic carbocycles. The fourth-order valence-electron chi connectivity index (χ4n) is 2.29. The first-order chi connectivity index (χ1) is 8.15. The van der Waals surface area contributed by atoms with Crippen LogP contribution in [0.4, 0.5) is 5.69 Å². The van der Waals surface area contributed by atoms with Gasteiger partial charge in [-0.3, -0.25) is 4.98 Å². The van der Waals surface area contributed by atoms with Gasteiger partial charge in [0.2, 0.25) is 0 Å². The van der Waals surface area contributed by atoms with E-state index in [1.165, 1.54) is 19.5 Å². The first-order valence-corrected chi connectivity index (χ1v) is 6.24. The van der Waals surface area contributed by atoms with Gasteiger partial charge >= 0.3 is 0 Å². The zero-order valence-electron chi connectivity index (χ0n) is 10.8. The van der Waals surface area contributed by atoms with Crippen molar-refractivity contribution in [2.45, 2.75) is 18.9 Å². The molecule has 4 heteroatoms. The van der Waals surface area contributed by atoms with E-state index in [9.17, 15) is 0 Å². The van der Waals surface area contributed by atoms with Crippen molar-refractivity contribution in [1.82, 2.24) is 14.8 Å². The molecule has 1 atom stereocenters. The standard InChI is InChI=1S/C13H22N4/c1-16(2)13-6-8-17(10-13)7-5-12-4-3-11(14)9-15-12/h3-4,9,13H,5-8,10,14H2,1-2H3. The number of likely N-dealkylation sites (tertiary alicyclic amines) is 1. The average Bonchev–Trinajstić information content (AvgIpc) is 2.77. The monoisotopic (exact) mass is 234 g/mol. The Hall–Kier alpha value is -1.13. The highest BCUT2D eigenvalue weighted by Crippen LogP contribution is 2.13. The SMILES string of the molecule is CN(C)C1CCN(CCc2ccc(N)cn2)C1. The Kier molecular flexibility index (Phi) is 3.97. The summed E-state index contributed by atoms with van der Waals surface area (Å²) >= 11 is 0. The zero-order valence-corrected chi connectivity index (χ0v) is 10.8. The third kappa shape index (κ3) is 3.41. The van der Waals surface area contributed by atoms with Gasteiger partial charge in [0.25, 0.3) is 0 Å². The van der Waals surface area contributed by atoms with Crippen LogP contribution in [-0.4, -0.2) is 54.6 Å². The summed E-state index contributed by atoms with van der Waals surface area (Å²) in [6.45, 7) is 3.49. The van der Waals surface area contributed by atoms with Gasteiger partial charge in [0.05, 0.1) is 11.9 Å². The van der Waals surface area contributed by atoms with Crippen molar-refractivity contribution in [2.75, 3.05) is 39.5 Å². The summed E-state index contributed by atoms with van der Waals surface area (Å²) < 4.78 is 0. The van der Waals surface area contributed by atoms with Crippen LogP contribution >= 0.6 is 0 Å². The lowest BCUT2D eigenvalue weighted by Crippen LogP contribution is -2.32. The van der Waals surface area contributed by atoms with Crippen LogP contribution in [0.5, 0.6) is 0 Å². The Morgan fingerprint density at radius 3 is 2.88 bits per heavy atom. The van der Waals surface area contributed by atoms with Gasteiger partial charge in [-0.2, -0.15) is 0 Å². The van der Waals surface area contributed by atoms with Crippen LogP contribution in [0.1, 0.15) is 12.1 Å². The van der Waals surface area contributed by atoms with E-state index in [4.69, 9.17) is 5.73 Å². The Bertz CT molecular complexity index is 347. The maximum atomic E-state index is 5.62. The van der Waals surface area contributed by atoms with Gasteiger partial charge in [-0.1, -0.05) is 0 Å². The molecule has 0 spiro atoms. The number of nitrogens with zero attached hydrogens (tertiary/aromatic N) is 3. The number of nitrogen functional groups attached to an aromatic ring is 1. The zero-order chi connectivity index (χ0) is 12.3. The summed E-state index contributed by atoms with van der Waals surface area (Å²) in [5.41, 5.74) is 7.49. The number of rotatable bonds is 4. The highest BCUT2D eigenvalue weighted by atomic mass is 15.2. The molecule has 0 amide bonds. The Balaban J connectivity index is 1.78. The Labute approximate surface area is 103 Å². The molecule has 4 nitrogen and oxygen atoms in total. The van der Waals surface area contributed by atoms with Crippen LogP contribution in [0.15, 0.2) is 18.3 Å². The molecule has 0 aromatic carbocycles. The lowest BCUT2D eigenvalue weighted by molar-refractivity contribution is 0.270. The smallest absolute Gasteiger partial charge is 0.0501 e. The van der Waals surface area contributed by atoms with Gasteiger partial charge < -0.3 is 15.5 Å². The number of pyridine rings is 1. The fourth-order valence-corrected chi connectivity index (χ4v) is 2.29. The lowest BCUT2D eigenvalue weighted by Gasteiger charge is -2.20. The molecule has 1 aliphatic rings. The second-order valence-electron chi connectivity index (χ2n) is 5.04. The molecule has 1 aromatic heterocycles. The fraction of sp³-hybridized carbons (Fsp3) is 0.615. The minimum absolute atomic E-state index is 0.717. The van der Waals surface area contributed by atoms with Crippen molar-refractivity contribution < 1.29 is 0 Å². The number of nitrogens with two attached hydrogens (primary N) is 1. The van der Waals surface area contributed by atoms with E-state index in [1.54, 1.807) is 6.20 Å². The second kappa shape index (κ2) is 5.47. The van der Waals surface area contributed by atoms with Crippen molar-refractivity contribution in [3.8, 4) is 0 Å².